The average molecular weight is 362 g/mol. The summed E-state index contributed by atoms with van der Waals surface area (Å²) in [4.78, 5) is 4.31. The highest BCUT2D eigenvalue weighted by atomic mass is 16.5. The first-order valence-electron chi connectivity index (χ1n) is 9.68. The highest BCUT2D eigenvalue weighted by molar-refractivity contribution is 5.79. The molecule has 0 aromatic heterocycles. The van der Waals surface area contributed by atoms with Gasteiger partial charge in [-0.15, -0.1) is 0 Å². The number of ether oxygens (including phenoxy) is 2. The lowest BCUT2D eigenvalue weighted by atomic mass is 9.78. The second kappa shape index (κ2) is 10.5. The monoisotopic (exact) mass is 361 g/mol. The van der Waals surface area contributed by atoms with Crippen molar-refractivity contribution in [2.75, 3.05) is 33.4 Å². The molecule has 2 rings (SSSR count). The van der Waals surface area contributed by atoms with Gasteiger partial charge >= 0.3 is 0 Å². The van der Waals surface area contributed by atoms with E-state index in [1.807, 2.05) is 18.2 Å². The van der Waals surface area contributed by atoms with Crippen LogP contribution in [-0.2, 0) is 16.1 Å². The summed E-state index contributed by atoms with van der Waals surface area (Å²) in [6, 6.07) is 10.2. The number of aliphatic imine (C=N–C) groups is 1. The van der Waals surface area contributed by atoms with Gasteiger partial charge in [-0.05, 0) is 23.8 Å². The number of hydrogen-bond acceptors (Lipinski definition) is 3. The van der Waals surface area contributed by atoms with E-state index in [1.54, 1.807) is 7.05 Å². The minimum atomic E-state index is 0.162. The van der Waals surface area contributed by atoms with Crippen LogP contribution in [0.3, 0.4) is 0 Å². The molecule has 1 saturated heterocycles. The fourth-order valence-electron chi connectivity index (χ4n) is 3.46. The van der Waals surface area contributed by atoms with Crippen molar-refractivity contribution in [2.45, 2.75) is 46.3 Å². The van der Waals surface area contributed by atoms with Crippen molar-refractivity contribution < 1.29 is 9.47 Å². The molecule has 1 fully saturated rings. The van der Waals surface area contributed by atoms with Crippen molar-refractivity contribution in [2.24, 2.45) is 16.3 Å². The molecule has 146 valence electrons. The van der Waals surface area contributed by atoms with Crippen molar-refractivity contribution in [3.05, 3.63) is 35.9 Å². The van der Waals surface area contributed by atoms with Crippen LogP contribution in [0, 0.1) is 11.3 Å². The van der Waals surface area contributed by atoms with E-state index in [9.17, 15) is 0 Å². The Morgan fingerprint density at radius 3 is 2.69 bits per heavy atom. The van der Waals surface area contributed by atoms with E-state index in [4.69, 9.17) is 9.47 Å². The smallest absolute Gasteiger partial charge is 0.191 e. The maximum atomic E-state index is 6.06. The number of guanidine groups is 1. The molecule has 2 atom stereocenters. The van der Waals surface area contributed by atoms with Crippen molar-refractivity contribution in [3.8, 4) is 0 Å². The van der Waals surface area contributed by atoms with E-state index in [1.165, 1.54) is 12.0 Å². The maximum Gasteiger partial charge on any atom is 0.191 e. The predicted molar refractivity (Wildman–Crippen MR) is 107 cm³/mol. The predicted octanol–water partition coefficient (Wildman–Crippen LogP) is 3.21. The third-order valence-electron chi connectivity index (χ3n) is 4.70. The van der Waals surface area contributed by atoms with Crippen LogP contribution in [0.2, 0.25) is 0 Å². The zero-order valence-corrected chi connectivity index (χ0v) is 16.8. The SMILES string of the molecule is CN=C(NCCOCc1ccccc1)NCC1CCCOC1C(C)(C)C. The standard InChI is InChI=1S/C21H35N3O2/c1-21(2,3)19-18(11-8-13-26-19)15-24-20(22-4)23-12-14-25-16-17-9-6-5-7-10-17/h5-7,9-10,18-19H,8,11-16H2,1-4H3,(H2,22,23,24). The molecule has 0 saturated carbocycles. The summed E-state index contributed by atoms with van der Waals surface area (Å²) in [5.74, 6) is 1.34. The van der Waals surface area contributed by atoms with Gasteiger partial charge in [0, 0.05) is 32.7 Å². The third-order valence-corrected chi connectivity index (χ3v) is 4.70. The molecule has 2 N–H and O–H groups in total. The number of nitrogens with one attached hydrogen (secondary N) is 2. The number of hydrogen-bond donors (Lipinski definition) is 2. The quantitative estimate of drug-likeness (QED) is 0.445. The first-order chi connectivity index (χ1) is 12.5. The highest BCUT2D eigenvalue weighted by Crippen LogP contribution is 2.33. The Kier molecular flexibility index (Phi) is 8.39. The van der Waals surface area contributed by atoms with Crippen molar-refractivity contribution in [1.82, 2.24) is 10.6 Å². The summed E-state index contributed by atoms with van der Waals surface area (Å²) in [5, 5.41) is 6.78. The summed E-state index contributed by atoms with van der Waals surface area (Å²) in [7, 11) is 1.80. The van der Waals surface area contributed by atoms with Crippen molar-refractivity contribution in [1.29, 1.82) is 0 Å². The van der Waals surface area contributed by atoms with Crippen molar-refractivity contribution >= 4 is 5.96 Å². The molecular weight excluding hydrogens is 326 g/mol. The molecule has 1 aromatic rings. The van der Waals surface area contributed by atoms with Gasteiger partial charge in [-0.3, -0.25) is 4.99 Å². The molecule has 0 bridgehead atoms. The molecule has 1 heterocycles. The van der Waals surface area contributed by atoms with Crippen LogP contribution in [0.15, 0.2) is 35.3 Å². The van der Waals surface area contributed by atoms with E-state index >= 15 is 0 Å². The van der Waals surface area contributed by atoms with Gasteiger partial charge in [0.15, 0.2) is 5.96 Å². The number of rotatable bonds is 7. The molecule has 0 aliphatic carbocycles. The lowest BCUT2D eigenvalue weighted by Gasteiger charge is -2.40. The lowest BCUT2D eigenvalue weighted by molar-refractivity contribution is -0.0835. The van der Waals surface area contributed by atoms with E-state index in [-0.39, 0.29) is 11.5 Å². The lowest BCUT2D eigenvalue weighted by Crippen LogP contribution is -2.47. The molecule has 2 unspecified atom stereocenters. The van der Waals surface area contributed by atoms with E-state index < -0.39 is 0 Å². The molecule has 1 aliphatic rings. The van der Waals surface area contributed by atoms with E-state index in [0.29, 0.717) is 19.1 Å². The minimum absolute atomic E-state index is 0.162. The maximum absolute atomic E-state index is 6.06. The van der Waals surface area contributed by atoms with Gasteiger partial charge in [-0.25, -0.2) is 0 Å². The van der Waals surface area contributed by atoms with Crippen LogP contribution in [0.25, 0.3) is 0 Å². The van der Waals surface area contributed by atoms with E-state index in [2.05, 4.69) is 48.5 Å². The Balaban J connectivity index is 1.67. The Bertz CT molecular complexity index is 540. The Labute approximate surface area is 158 Å². The molecular formula is C21H35N3O2. The first-order valence-corrected chi connectivity index (χ1v) is 9.68. The van der Waals surface area contributed by atoms with Crippen LogP contribution >= 0.6 is 0 Å². The zero-order chi connectivity index (χ0) is 18.8. The number of nitrogens with zero attached hydrogens (tertiary/aromatic N) is 1. The summed E-state index contributed by atoms with van der Waals surface area (Å²) >= 11 is 0. The van der Waals surface area contributed by atoms with Gasteiger partial charge in [0.1, 0.15) is 0 Å². The van der Waals surface area contributed by atoms with Crippen molar-refractivity contribution in [3.63, 3.8) is 0 Å². The van der Waals surface area contributed by atoms with Crippen LogP contribution in [-0.4, -0.2) is 45.4 Å². The summed E-state index contributed by atoms with van der Waals surface area (Å²) in [6.07, 6.45) is 2.63. The average Bonchev–Trinajstić information content (AvgIpc) is 2.64. The van der Waals surface area contributed by atoms with Crippen LogP contribution < -0.4 is 10.6 Å². The number of benzene rings is 1. The summed E-state index contributed by atoms with van der Waals surface area (Å²) in [5.41, 5.74) is 1.36. The summed E-state index contributed by atoms with van der Waals surface area (Å²) < 4.78 is 11.8. The molecule has 5 nitrogen and oxygen atoms in total. The Morgan fingerprint density at radius 1 is 1.23 bits per heavy atom. The molecule has 5 heteroatoms. The molecule has 26 heavy (non-hydrogen) atoms. The Morgan fingerprint density at radius 2 is 2.00 bits per heavy atom. The normalized spacial score (nSPS) is 21.5. The fourth-order valence-corrected chi connectivity index (χ4v) is 3.46. The van der Waals surface area contributed by atoms with Crippen LogP contribution in [0.5, 0.6) is 0 Å². The minimum Gasteiger partial charge on any atom is -0.377 e. The second-order valence-electron chi connectivity index (χ2n) is 7.98. The van der Waals surface area contributed by atoms with Gasteiger partial charge in [0.25, 0.3) is 0 Å². The molecule has 0 spiro atoms. The van der Waals surface area contributed by atoms with Gasteiger partial charge in [0.05, 0.1) is 19.3 Å². The van der Waals surface area contributed by atoms with Gasteiger partial charge in [-0.2, -0.15) is 0 Å². The molecule has 1 aliphatic heterocycles. The molecule has 0 radical (unpaired) electrons. The summed E-state index contributed by atoms with van der Waals surface area (Å²) in [6.45, 7) is 10.5. The highest BCUT2D eigenvalue weighted by Gasteiger charge is 2.35. The van der Waals surface area contributed by atoms with Gasteiger partial charge in [-0.1, -0.05) is 51.1 Å². The van der Waals surface area contributed by atoms with Crippen LogP contribution in [0.4, 0.5) is 0 Å². The molecule has 0 amide bonds. The second-order valence-corrected chi connectivity index (χ2v) is 7.98. The molecule has 1 aromatic carbocycles. The van der Waals surface area contributed by atoms with Gasteiger partial charge < -0.3 is 20.1 Å². The van der Waals surface area contributed by atoms with Gasteiger partial charge in [0.2, 0.25) is 0 Å². The van der Waals surface area contributed by atoms with Crippen LogP contribution in [0.1, 0.15) is 39.2 Å². The third kappa shape index (κ3) is 6.96. The zero-order valence-electron chi connectivity index (χ0n) is 16.8. The first kappa shape index (κ1) is 20.7. The van der Waals surface area contributed by atoms with E-state index in [0.717, 1.165) is 32.1 Å². The fraction of sp³-hybridized carbons (Fsp3) is 0.667. The topological polar surface area (TPSA) is 54.9 Å². The Hall–Kier alpha value is -1.59. The largest absolute Gasteiger partial charge is 0.377 e.